The quantitative estimate of drug-likeness (QED) is 0.439. The molecular weight excluding hydrogens is 440 g/mol. The van der Waals surface area contributed by atoms with Gasteiger partial charge in [0.2, 0.25) is 0 Å². The van der Waals surface area contributed by atoms with Gasteiger partial charge in [0.1, 0.15) is 11.5 Å². The van der Waals surface area contributed by atoms with Crippen LogP contribution in [0.4, 0.5) is 0 Å². The van der Waals surface area contributed by atoms with Crippen LogP contribution in [-0.2, 0) is 11.2 Å². The van der Waals surface area contributed by atoms with Crippen molar-refractivity contribution < 1.29 is 18.8 Å². The fourth-order valence-electron chi connectivity index (χ4n) is 3.87. The number of methoxy groups -OCH3 is 2. The van der Waals surface area contributed by atoms with Crippen LogP contribution in [0.1, 0.15) is 37.0 Å². The van der Waals surface area contributed by atoms with Gasteiger partial charge in [-0.05, 0) is 67.1 Å². The molecule has 7 heteroatoms. The Morgan fingerprint density at radius 2 is 1.76 bits per heavy atom. The van der Waals surface area contributed by atoms with Crippen molar-refractivity contribution in [2.45, 2.75) is 46.6 Å². The van der Waals surface area contributed by atoms with Crippen molar-refractivity contribution in [2.75, 3.05) is 14.2 Å². The predicted molar refractivity (Wildman–Crippen MR) is 133 cm³/mol. The number of aromatic nitrogens is 1. The van der Waals surface area contributed by atoms with Gasteiger partial charge in [-0.15, -0.1) is 12.4 Å². The third kappa shape index (κ3) is 5.95. The topological polar surface area (TPSA) is 87.6 Å². The summed E-state index contributed by atoms with van der Waals surface area (Å²) in [7, 11) is 3.26. The van der Waals surface area contributed by atoms with Gasteiger partial charge in [-0.1, -0.05) is 25.1 Å². The van der Waals surface area contributed by atoms with Gasteiger partial charge < -0.3 is 19.7 Å². The number of carbonyl (C=O) groups excluding carboxylic acids is 1. The summed E-state index contributed by atoms with van der Waals surface area (Å²) in [6.07, 6.45) is 2.56. The first-order chi connectivity index (χ1) is 15.2. The number of ketones is 1. The van der Waals surface area contributed by atoms with E-state index < -0.39 is 6.04 Å². The number of benzene rings is 2. The maximum atomic E-state index is 12.7. The lowest BCUT2D eigenvalue weighted by Gasteiger charge is -2.15. The van der Waals surface area contributed by atoms with Crippen LogP contribution in [0.5, 0.6) is 11.5 Å². The highest BCUT2D eigenvalue weighted by molar-refractivity contribution is 5.87. The molecule has 3 rings (SSSR count). The molecule has 0 aliphatic rings. The highest BCUT2D eigenvalue weighted by atomic mass is 35.5. The first kappa shape index (κ1) is 26.4. The Morgan fingerprint density at radius 3 is 2.39 bits per heavy atom. The molecule has 0 spiro atoms. The van der Waals surface area contributed by atoms with Crippen LogP contribution in [0.25, 0.3) is 22.5 Å². The lowest BCUT2D eigenvalue weighted by Crippen LogP contribution is -2.33. The molecule has 0 saturated heterocycles. The molecule has 0 bridgehead atoms. The van der Waals surface area contributed by atoms with Crippen LogP contribution < -0.4 is 15.2 Å². The first-order valence-electron chi connectivity index (χ1n) is 10.8. The monoisotopic (exact) mass is 472 g/mol. The van der Waals surface area contributed by atoms with E-state index in [1.165, 1.54) is 0 Å². The summed E-state index contributed by atoms with van der Waals surface area (Å²) in [4.78, 5) is 12.7. The molecule has 0 radical (unpaired) electrons. The zero-order valence-corrected chi connectivity index (χ0v) is 20.9. The van der Waals surface area contributed by atoms with Crippen LogP contribution in [0.15, 0.2) is 41.1 Å². The van der Waals surface area contributed by atoms with E-state index in [4.69, 9.17) is 19.7 Å². The van der Waals surface area contributed by atoms with Crippen molar-refractivity contribution in [3.63, 3.8) is 0 Å². The minimum atomic E-state index is -0.488. The molecule has 3 aromatic rings. The number of nitrogens with zero attached hydrogens (tertiary/aromatic N) is 1. The van der Waals surface area contributed by atoms with Crippen molar-refractivity contribution in [3.8, 4) is 33.9 Å². The van der Waals surface area contributed by atoms with Crippen LogP contribution in [0, 0.1) is 19.8 Å². The third-order valence-electron chi connectivity index (χ3n) is 5.77. The summed E-state index contributed by atoms with van der Waals surface area (Å²) >= 11 is 0. The van der Waals surface area contributed by atoms with Crippen molar-refractivity contribution in [1.29, 1.82) is 0 Å². The summed E-state index contributed by atoms with van der Waals surface area (Å²) in [5.74, 6) is 2.45. The smallest absolute Gasteiger partial charge is 0.174 e. The lowest BCUT2D eigenvalue weighted by molar-refractivity contribution is -0.120. The second-order valence-corrected chi connectivity index (χ2v) is 8.59. The summed E-state index contributed by atoms with van der Waals surface area (Å²) in [6.45, 7) is 8.18. The Kier molecular flexibility index (Phi) is 9.08. The van der Waals surface area contributed by atoms with E-state index >= 15 is 0 Å². The molecule has 1 atom stereocenters. The Balaban J connectivity index is 0.00000385. The Morgan fingerprint density at radius 1 is 1.06 bits per heavy atom. The number of hydrogen-bond donors (Lipinski definition) is 1. The number of Topliss-reactive ketones (excluding diaryl/α,β-unsaturated/α-hetero) is 1. The fraction of sp³-hybridized carbons (Fsp3) is 0.385. The zero-order chi connectivity index (χ0) is 23.4. The normalized spacial score (nSPS) is 11.8. The summed E-state index contributed by atoms with van der Waals surface area (Å²) < 4.78 is 16.7. The van der Waals surface area contributed by atoms with Crippen LogP contribution >= 0.6 is 12.4 Å². The third-order valence-corrected chi connectivity index (χ3v) is 5.77. The Hall–Kier alpha value is -2.83. The average Bonchev–Trinajstić information content (AvgIpc) is 3.25. The number of halogens is 1. The van der Waals surface area contributed by atoms with E-state index in [2.05, 4.69) is 25.1 Å². The predicted octanol–water partition coefficient (Wildman–Crippen LogP) is 5.55. The maximum Gasteiger partial charge on any atom is 0.174 e. The number of nitrogens with two attached hydrogens (primary N) is 1. The summed E-state index contributed by atoms with van der Waals surface area (Å²) in [6, 6.07) is 9.27. The lowest BCUT2D eigenvalue weighted by atomic mass is 9.94. The van der Waals surface area contributed by atoms with Crippen molar-refractivity contribution in [2.24, 2.45) is 11.7 Å². The van der Waals surface area contributed by atoms with E-state index in [-0.39, 0.29) is 24.6 Å². The molecule has 33 heavy (non-hydrogen) atoms. The number of aryl methyl sites for hydroxylation is 1. The molecule has 178 valence electrons. The minimum Gasteiger partial charge on any atom is -0.496 e. The molecule has 0 saturated carbocycles. The van der Waals surface area contributed by atoms with Gasteiger partial charge >= 0.3 is 0 Å². The van der Waals surface area contributed by atoms with E-state index in [0.29, 0.717) is 23.8 Å². The molecule has 0 aliphatic carbocycles. The number of ether oxygens (including phenoxy) is 2. The highest BCUT2D eigenvalue weighted by Crippen LogP contribution is 2.37. The molecule has 1 aromatic heterocycles. The summed E-state index contributed by atoms with van der Waals surface area (Å²) in [5, 5.41) is 4.04. The van der Waals surface area contributed by atoms with Gasteiger partial charge in [0, 0.05) is 23.1 Å². The maximum absolute atomic E-state index is 12.7. The van der Waals surface area contributed by atoms with Gasteiger partial charge in [-0.2, -0.15) is 0 Å². The van der Waals surface area contributed by atoms with Crippen molar-refractivity contribution in [3.05, 3.63) is 53.2 Å². The second-order valence-electron chi connectivity index (χ2n) is 8.59. The SMILES string of the molecule is COc1ccc(-c2cnoc2-c2cc(C)c(C)c(OC)c2)cc1CC(=O)C(N)CC(C)C.Cl. The van der Waals surface area contributed by atoms with Crippen LogP contribution in [0.3, 0.4) is 0 Å². The second kappa shape index (κ2) is 11.3. The molecule has 1 heterocycles. The fourth-order valence-corrected chi connectivity index (χ4v) is 3.87. The number of hydrogen-bond acceptors (Lipinski definition) is 6. The van der Waals surface area contributed by atoms with E-state index in [1.807, 2.05) is 38.1 Å². The van der Waals surface area contributed by atoms with Gasteiger partial charge in [-0.25, -0.2) is 0 Å². The standard InChI is InChI=1S/C26H32N2O4.ClH/c1-15(2)9-22(27)23(29)12-19-11-18(7-8-24(19)30-5)21-14-28-32-26(21)20-10-16(3)17(4)25(13-20)31-6;/h7-8,10-11,13-15,22H,9,12,27H2,1-6H3;1H. The number of rotatable bonds is 9. The molecule has 2 aromatic carbocycles. The Bertz CT molecular complexity index is 1110. The first-order valence-corrected chi connectivity index (χ1v) is 10.8. The van der Waals surface area contributed by atoms with Gasteiger partial charge in [0.05, 0.1) is 26.5 Å². The highest BCUT2D eigenvalue weighted by Gasteiger charge is 2.20. The molecule has 2 N–H and O–H groups in total. The van der Waals surface area contributed by atoms with Gasteiger partial charge in [-0.3, -0.25) is 4.79 Å². The van der Waals surface area contributed by atoms with Crippen LogP contribution in [-0.4, -0.2) is 31.2 Å². The molecule has 0 fully saturated rings. The van der Waals surface area contributed by atoms with E-state index in [1.54, 1.807) is 20.4 Å². The van der Waals surface area contributed by atoms with Gasteiger partial charge in [0.25, 0.3) is 0 Å². The molecule has 0 aliphatic heterocycles. The zero-order valence-electron chi connectivity index (χ0n) is 20.1. The number of carbonyl (C=O) groups is 1. The minimum absolute atomic E-state index is 0. The average molecular weight is 473 g/mol. The molecule has 1 unspecified atom stereocenters. The van der Waals surface area contributed by atoms with E-state index in [9.17, 15) is 4.79 Å². The molecule has 0 amide bonds. The largest absolute Gasteiger partial charge is 0.496 e. The summed E-state index contributed by atoms with van der Waals surface area (Å²) in [5.41, 5.74) is 11.7. The van der Waals surface area contributed by atoms with Crippen molar-refractivity contribution in [1.82, 2.24) is 5.16 Å². The van der Waals surface area contributed by atoms with Crippen molar-refractivity contribution >= 4 is 18.2 Å². The van der Waals surface area contributed by atoms with E-state index in [0.717, 1.165) is 39.1 Å². The molecular formula is C26H33ClN2O4. The molecule has 6 nitrogen and oxygen atoms in total. The van der Waals surface area contributed by atoms with Crippen LogP contribution in [0.2, 0.25) is 0 Å². The van der Waals surface area contributed by atoms with Gasteiger partial charge in [0.15, 0.2) is 11.5 Å². The Labute approximate surface area is 201 Å².